The molecule has 0 aliphatic carbocycles. The first kappa shape index (κ1) is 13.2. The van der Waals surface area contributed by atoms with Crippen LogP contribution in [-0.4, -0.2) is 35.4 Å². The van der Waals surface area contributed by atoms with Crippen molar-refractivity contribution in [3.8, 4) is 0 Å². The minimum Gasteiger partial charge on any atom is -0.424 e. The predicted octanol–water partition coefficient (Wildman–Crippen LogP) is 2.91. The Morgan fingerprint density at radius 1 is 1.40 bits per heavy atom. The number of nitrogens with zero attached hydrogens (tertiary/aromatic N) is 2. The van der Waals surface area contributed by atoms with Gasteiger partial charge in [-0.2, -0.15) is 4.98 Å². The van der Waals surface area contributed by atoms with Crippen LogP contribution in [-0.2, 0) is 4.79 Å². The van der Waals surface area contributed by atoms with Gasteiger partial charge < -0.3 is 14.6 Å². The number of rotatable bonds is 4. The van der Waals surface area contributed by atoms with Crippen molar-refractivity contribution >= 4 is 34.6 Å². The maximum absolute atomic E-state index is 11.9. The average molecular weight is 294 g/mol. The largest absolute Gasteiger partial charge is 0.424 e. The van der Waals surface area contributed by atoms with Crippen LogP contribution in [0.15, 0.2) is 22.6 Å². The molecule has 1 amide bonds. The zero-order valence-electron chi connectivity index (χ0n) is 11.1. The number of anilines is 1. The molecular weight excluding hydrogens is 278 g/mol. The number of nitrogens with one attached hydrogen (secondary N) is 1. The van der Waals surface area contributed by atoms with E-state index in [1.807, 2.05) is 4.90 Å². The molecule has 1 N–H and O–H groups in total. The Morgan fingerprint density at radius 2 is 2.20 bits per heavy atom. The van der Waals surface area contributed by atoms with Crippen LogP contribution in [0.25, 0.3) is 11.1 Å². The van der Waals surface area contributed by atoms with Crippen molar-refractivity contribution in [3.63, 3.8) is 0 Å². The van der Waals surface area contributed by atoms with Crippen molar-refractivity contribution in [2.75, 3.05) is 25.0 Å². The summed E-state index contributed by atoms with van der Waals surface area (Å²) in [5, 5.41) is 3.67. The summed E-state index contributed by atoms with van der Waals surface area (Å²) in [6.07, 6.45) is 2.69. The number of oxazole rings is 1. The zero-order chi connectivity index (χ0) is 13.9. The van der Waals surface area contributed by atoms with Gasteiger partial charge in [0.15, 0.2) is 5.58 Å². The van der Waals surface area contributed by atoms with Crippen LogP contribution in [0.5, 0.6) is 0 Å². The van der Waals surface area contributed by atoms with Gasteiger partial charge in [0.05, 0.1) is 0 Å². The van der Waals surface area contributed by atoms with Gasteiger partial charge in [-0.05, 0) is 31.0 Å². The number of hydrogen-bond acceptors (Lipinski definition) is 4. The van der Waals surface area contributed by atoms with Gasteiger partial charge in [0.1, 0.15) is 5.52 Å². The van der Waals surface area contributed by atoms with Crippen molar-refractivity contribution in [2.24, 2.45) is 0 Å². The molecule has 0 unspecified atom stereocenters. The highest BCUT2D eigenvalue weighted by atomic mass is 35.5. The molecule has 0 bridgehead atoms. The maximum Gasteiger partial charge on any atom is 0.295 e. The number of halogens is 1. The second-order valence-corrected chi connectivity index (χ2v) is 5.33. The van der Waals surface area contributed by atoms with Crippen LogP contribution in [0.4, 0.5) is 6.01 Å². The zero-order valence-corrected chi connectivity index (χ0v) is 11.8. The Balaban J connectivity index is 1.55. The van der Waals surface area contributed by atoms with Gasteiger partial charge in [-0.1, -0.05) is 11.6 Å². The van der Waals surface area contributed by atoms with Crippen molar-refractivity contribution < 1.29 is 9.21 Å². The fourth-order valence-electron chi connectivity index (χ4n) is 2.38. The van der Waals surface area contributed by atoms with Gasteiger partial charge in [0.25, 0.3) is 6.01 Å². The third-order valence-electron chi connectivity index (χ3n) is 3.42. The summed E-state index contributed by atoms with van der Waals surface area (Å²) in [5.41, 5.74) is 1.40. The molecule has 0 spiro atoms. The molecular formula is C14H16ClN3O2. The molecule has 6 heteroatoms. The topological polar surface area (TPSA) is 58.4 Å². The summed E-state index contributed by atoms with van der Waals surface area (Å²) < 4.78 is 5.52. The van der Waals surface area contributed by atoms with Gasteiger partial charge >= 0.3 is 0 Å². The van der Waals surface area contributed by atoms with Crippen molar-refractivity contribution in [3.05, 3.63) is 23.2 Å². The number of benzene rings is 1. The third-order valence-corrected chi connectivity index (χ3v) is 3.66. The maximum atomic E-state index is 11.9. The molecule has 1 aliphatic rings. The molecule has 20 heavy (non-hydrogen) atoms. The lowest BCUT2D eigenvalue weighted by atomic mass is 10.3. The number of aromatic nitrogens is 1. The lowest BCUT2D eigenvalue weighted by Crippen LogP contribution is -2.29. The van der Waals surface area contributed by atoms with Crippen molar-refractivity contribution in [1.29, 1.82) is 0 Å². The Morgan fingerprint density at radius 3 is 3.00 bits per heavy atom. The van der Waals surface area contributed by atoms with E-state index in [4.69, 9.17) is 16.0 Å². The van der Waals surface area contributed by atoms with Crippen LogP contribution in [0.3, 0.4) is 0 Å². The Labute approximate surface area is 121 Å². The number of hydrogen-bond donors (Lipinski definition) is 1. The van der Waals surface area contributed by atoms with Crippen LogP contribution < -0.4 is 5.32 Å². The average Bonchev–Trinajstić information content (AvgIpc) is 3.06. The standard InChI is InChI=1S/C14H16ClN3O2/c15-10-3-4-12-11(9-10)17-14(20-12)16-6-5-13(19)18-7-1-2-8-18/h3-4,9H,1-2,5-8H2,(H,16,17). The molecule has 1 aromatic heterocycles. The number of carbonyl (C=O) groups excluding carboxylic acids is 1. The molecule has 1 fully saturated rings. The number of likely N-dealkylation sites (tertiary alicyclic amines) is 1. The molecule has 2 heterocycles. The predicted molar refractivity (Wildman–Crippen MR) is 77.9 cm³/mol. The van der Waals surface area contributed by atoms with Crippen molar-refractivity contribution in [1.82, 2.24) is 9.88 Å². The van der Waals surface area contributed by atoms with Gasteiger partial charge in [-0.15, -0.1) is 0 Å². The summed E-state index contributed by atoms with van der Waals surface area (Å²) in [6.45, 7) is 2.30. The highest BCUT2D eigenvalue weighted by Crippen LogP contribution is 2.22. The van der Waals surface area contributed by atoms with Gasteiger partial charge in [-0.25, -0.2) is 0 Å². The summed E-state index contributed by atoms with van der Waals surface area (Å²) >= 11 is 5.89. The molecule has 0 saturated carbocycles. The molecule has 0 radical (unpaired) electrons. The normalized spacial score (nSPS) is 14.9. The van der Waals surface area contributed by atoms with Gasteiger partial charge in [0, 0.05) is 31.1 Å². The van der Waals surface area contributed by atoms with Crippen LogP contribution in [0.1, 0.15) is 19.3 Å². The monoisotopic (exact) mass is 293 g/mol. The fraction of sp³-hybridized carbons (Fsp3) is 0.429. The Hall–Kier alpha value is -1.75. The third kappa shape index (κ3) is 2.88. The molecule has 5 nitrogen and oxygen atoms in total. The highest BCUT2D eigenvalue weighted by molar-refractivity contribution is 6.31. The van der Waals surface area contributed by atoms with E-state index < -0.39 is 0 Å². The first-order valence-electron chi connectivity index (χ1n) is 6.80. The molecule has 1 aliphatic heterocycles. The highest BCUT2D eigenvalue weighted by Gasteiger charge is 2.17. The molecule has 2 aromatic rings. The van der Waals surface area contributed by atoms with Gasteiger partial charge in [-0.3, -0.25) is 4.79 Å². The molecule has 1 aromatic carbocycles. The Bertz CT molecular complexity index is 620. The first-order chi connectivity index (χ1) is 9.72. The fourth-order valence-corrected chi connectivity index (χ4v) is 2.54. The smallest absolute Gasteiger partial charge is 0.295 e. The SMILES string of the molecule is O=C(CCNc1nc2cc(Cl)ccc2o1)N1CCCC1. The number of fused-ring (bicyclic) bond motifs is 1. The van der Waals surface area contributed by atoms with Crippen LogP contribution in [0.2, 0.25) is 5.02 Å². The summed E-state index contributed by atoms with van der Waals surface area (Å²) in [5.74, 6) is 0.189. The molecule has 0 atom stereocenters. The number of amides is 1. The lowest BCUT2D eigenvalue weighted by molar-refractivity contribution is -0.129. The van der Waals surface area contributed by atoms with E-state index in [9.17, 15) is 4.79 Å². The molecule has 3 rings (SSSR count). The lowest BCUT2D eigenvalue weighted by Gasteiger charge is -2.14. The summed E-state index contributed by atoms with van der Waals surface area (Å²) in [7, 11) is 0. The van der Waals surface area contributed by atoms with E-state index in [0.717, 1.165) is 25.9 Å². The second kappa shape index (κ2) is 5.71. The van der Waals surface area contributed by atoms with Crippen LogP contribution >= 0.6 is 11.6 Å². The van der Waals surface area contributed by atoms with E-state index in [0.29, 0.717) is 35.1 Å². The second-order valence-electron chi connectivity index (χ2n) is 4.90. The first-order valence-corrected chi connectivity index (χ1v) is 7.18. The molecule has 106 valence electrons. The molecule has 1 saturated heterocycles. The minimum atomic E-state index is 0.189. The van der Waals surface area contributed by atoms with E-state index in [1.165, 1.54) is 0 Å². The van der Waals surface area contributed by atoms with E-state index >= 15 is 0 Å². The van der Waals surface area contributed by atoms with Gasteiger partial charge in [0.2, 0.25) is 5.91 Å². The van der Waals surface area contributed by atoms with E-state index in [-0.39, 0.29) is 5.91 Å². The van der Waals surface area contributed by atoms with E-state index in [1.54, 1.807) is 18.2 Å². The summed E-state index contributed by atoms with van der Waals surface area (Å²) in [4.78, 5) is 18.1. The summed E-state index contributed by atoms with van der Waals surface area (Å²) in [6, 6.07) is 5.72. The van der Waals surface area contributed by atoms with E-state index in [2.05, 4.69) is 10.3 Å². The van der Waals surface area contributed by atoms with Crippen molar-refractivity contribution in [2.45, 2.75) is 19.3 Å². The van der Waals surface area contributed by atoms with Crippen LogP contribution in [0, 0.1) is 0 Å². The minimum absolute atomic E-state index is 0.189. The quantitative estimate of drug-likeness (QED) is 0.941. The number of carbonyl (C=O) groups is 1. The Kier molecular flexibility index (Phi) is 3.78.